The third-order valence-electron chi connectivity index (χ3n) is 4.74. The third kappa shape index (κ3) is 4.23. The Morgan fingerprint density at radius 3 is 2.45 bits per heavy atom. The first-order chi connectivity index (χ1) is 10.7. The number of rotatable bonds is 7. The van der Waals surface area contributed by atoms with Crippen molar-refractivity contribution < 1.29 is 9.53 Å². The fraction of sp³-hybridized carbons (Fsp3) is 0.611. The van der Waals surface area contributed by atoms with Gasteiger partial charge in [-0.05, 0) is 37.6 Å². The van der Waals surface area contributed by atoms with Gasteiger partial charge in [0.25, 0.3) is 0 Å². The molecule has 0 radical (unpaired) electrons. The van der Waals surface area contributed by atoms with Crippen molar-refractivity contribution in [3.8, 4) is 5.75 Å². The summed E-state index contributed by atoms with van der Waals surface area (Å²) in [6.45, 7) is 1.46. The van der Waals surface area contributed by atoms with Gasteiger partial charge in [0.05, 0.1) is 7.11 Å². The Labute approximate surface area is 133 Å². The zero-order valence-corrected chi connectivity index (χ0v) is 13.8. The molecule has 1 aromatic rings. The summed E-state index contributed by atoms with van der Waals surface area (Å²) in [5, 5.41) is 6.16. The van der Waals surface area contributed by atoms with E-state index in [1.165, 1.54) is 24.8 Å². The van der Waals surface area contributed by atoms with Gasteiger partial charge in [0.15, 0.2) is 0 Å². The number of amides is 1. The second-order valence-electron chi connectivity index (χ2n) is 6.20. The zero-order chi connectivity index (χ0) is 15.8. The highest BCUT2D eigenvalue weighted by atomic mass is 16.5. The molecule has 2 N–H and O–H groups in total. The lowest BCUT2D eigenvalue weighted by Crippen LogP contribution is -2.42. The van der Waals surface area contributed by atoms with Crippen molar-refractivity contribution >= 4 is 5.91 Å². The van der Waals surface area contributed by atoms with Gasteiger partial charge in [0, 0.05) is 24.9 Å². The fourth-order valence-corrected chi connectivity index (χ4v) is 3.34. The van der Waals surface area contributed by atoms with E-state index in [2.05, 4.69) is 22.8 Å². The van der Waals surface area contributed by atoms with Crippen LogP contribution in [0.15, 0.2) is 24.3 Å². The van der Waals surface area contributed by atoms with Crippen LogP contribution in [-0.2, 0) is 10.2 Å². The Kier molecular flexibility index (Phi) is 6.25. The van der Waals surface area contributed by atoms with Crippen molar-refractivity contribution in [1.29, 1.82) is 0 Å². The number of carbonyl (C=O) groups is 1. The van der Waals surface area contributed by atoms with E-state index < -0.39 is 0 Å². The van der Waals surface area contributed by atoms with Crippen LogP contribution in [0.3, 0.4) is 0 Å². The molecule has 1 amide bonds. The lowest BCUT2D eigenvalue weighted by Gasteiger charge is -2.38. The summed E-state index contributed by atoms with van der Waals surface area (Å²) in [6.07, 6.45) is 6.59. The average Bonchev–Trinajstić information content (AvgIpc) is 2.59. The van der Waals surface area contributed by atoms with Crippen molar-refractivity contribution in [2.45, 2.75) is 43.9 Å². The minimum absolute atomic E-state index is 0.0832. The molecule has 4 heteroatoms. The molecule has 1 saturated carbocycles. The first kappa shape index (κ1) is 16.8. The molecule has 0 atom stereocenters. The molecule has 22 heavy (non-hydrogen) atoms. The smallest absolute Gasteiger partial charge is 0.221 e. The van der Waals surface area contributed by atoms with Gasteiger partial charge in [0.2, 0.25) is 5.91 Å². The number of carbonyl (C=O) groups excluding carboxylic acids is 1. The van der Waals surface area contributed by atoms with Crippen molar-refractivity contribution in [2.75, 3.05) is 27.2 Å². The Bertz CT molecular complexity index is 464. The molecule has 0 aromatic heterocycles. The summed E-state index contributed by atoms with van der Waals surface area (Å²) in [4.78, 5) is 11.9. The topological polar surface area (TPSA) is 50.4 Å². The largest absolute Gasteiger partial charge is 0.497 e. The van der Waals surface area contributed by atoms with Gasteiger partial charge >= 0.3 is 0 Å². The lowest BCUT2D eigenvalue weighted by atomic mass is 9.69. The molecule has 0 saturated heterocycles. The van der Waals surface area contributed by atoms with Crippen molar-refractivity contribution in [3.63, 3.8) is 0 Å². The SMILES string of the molecule is CNCCC(=O)NCC1(c2ccc(OC)cc2)CCCCC1. The third-order valence-corrected chi connectivity index (χ3v) is 4.74. The van der Waals surface area contributed by atoms with Gasteiger partial charge in [-0.1, -0.05) is 31.4 Å². The first-order valence-electron chi connectivity index (χ1n) is 8.26. The fourth-order valence-electron chi connectivity index (χ4n) is 3.34. The Hall–Kier alpha value is -1.55. The van der Waals surface area contributed by atoms with Crippen LogP contribution in [0.5, 0.6) is 5.75 Å². The van der Waals surface area contributed by atoms with E-state index in [1.54, 1.807) is 7.11 Å². The predicted octanol–water partition coefficient (Wildman–Crippen LogP) is 2.62. The molecule has 1 aromatic carbocycles. The second kappa shape index (κ2) is 8.18. The summed E-state index contributed by atoms with van der Waals surface area (Å²) in [5.41, 5.74) is 1.40. The van der Waals surface area contributed by atoms with Crippen molar-refractivity contribution in [1.82, 2.24) is 10.6 Å². The van der Waals surface area contributed by atoms with Gasteiger partial charge in [-0.2, -0.15) is 0 Å². The van der Waals surface area contributed by atoms with Gasteiger partial charge in [-0.3, -0.25) is 4.79 Å². The summed E-state index contributed by atoms with van der Waals surface area (Å²) in [5.74, 6) is 1.01. The van der Waals surface area contributed by atoms with Gasteiger partial charge < -0.3 is 15.4 Å². The molecule has 4 nitrogen and oxygen atoms in total. The normalized spacial score (nSPS) is 17.0. The van der Waals surface area contributed by atoms with E-state index in [4.69, 9.17) is 4.74 Å². The maximum absolute atomic E-state index is 11.9. The van der Waals surface area contributed by atoms with Gasteiger partial charge in [-0.25, -0.2) is 0 Å². The van der Waals surface area contributed by atoms with Crippen LogP contribution in [0.25, 0.3) is 0 Å². The standard InChI is InChI=1S/C18H28N2O2/c1-19-13-10-17(21)20-14-18(11-4-3-5-12-18)15-6-8-16(22-2)9-7-15/h6-9,19H,3-5,10-14H2,1-2H3,(H,20,21). The zero-order valence-electron chi connectivity index (χ0n) is 13.8. The quantitative estimate of drug-likeness (QED) is 0.814. The summed E-state index contributed by atoms with van der Waals surface area (Å²) >= 11 is 0. The minimum Gasteiger partial charge on any atom is -0.497 e. The van der Waals surface area contributed by atoms with Crippen LogP contribution in [0.1, 0.15) is 44.1 Å². The maximum Gasteiger partial charge on any atom is 0.221 e. The van der Waals surface area contributed by atoms with E-state index in [-0.39, 0.29) is 11.3 Å². The monoisotopic (exact) mass is 304 g/mol. The summed E-state index contributed by atoms with van der Waals surface area (Å²) in [6, 6.07) is 8.36. The molecule has 1 aliphatic rings. The molecular weight excluding hydrogens is 276 g/mol. The highest BCUT2D eigenvalue weighted by molar-refractivity contribution is 5.76. The van der Waals surface area contributed by atoms with E-state index >= 15 is 0 Å². The highest BCUT2D eigenvalue weighted by Gasteiger charge is 2.34. The number of methoxy groups -OCH3 is 1. The molecule has 0 unspecified atom stereocenters. The molecule has 1 aliphatic carbocycles. The minimum atomic E-state index is 0.0832. The van der Waals surface area contributed by atoms with Crippen LogP contribution in [0.4, 0.5) is 0 Å². The Morgan fingerprint density at radius 2 is 1.86 bits per heavy atom. The van der Waals surface area contributed by atoms with Crippen molar-refractivity contribution in [2.24, 2.45) is 0 Å². The maximum atomic E-state index is 11.9. The predicted molar refractivity (Wildman–Crippen MR) is 89.3 cm³/mol. The average molecular weight is 304 g/mol. The molecule has 0 aliphatic heterocycles. The van der Waals surface area contributed by atoms with Crippen molar-refractivity contribution in [3.05, 3.63) is 29.8 Å². The molecule has 0 heterocycles. The molecule has 0 spiro atoms. The van der Waals surface area contributed by atoms with Crippen LogP contribution in [-0.4, -0.2) is 33.2 Å². The van der Waals surface area contributed by atoms with E-state index in [0.717, 1.165) is 31.7 Å². The number of nitrogens with one attached hydrogen (secondary N) is 2. The van der Waals surface area contributed by atoms with Crippen LogP contribution >= 0.6 is 0 Å². The van der Waals surface area contributed by atoms with E-state index in [1.807, 2.05) is 19.2 Å². The van der Waals surface area contributed by atoms with E-state index in [9.17, 15) is 4.79 Å². The Balaban J connectivity index is 2.07. The van der Waals surface area contributed by atoms with Crippen LogP contribution in [0.2, 0.25) is 0 Å². The Morgan fingerprint density at radius 1 is 1.18 bits per heavy atom. The second-order valence-corrected chi connectivity index (χ2v) is 6.20. The van der Waals surface area contributed by atoms with E-state index in [0.29, 0.717) is 6.42 Å². The molecule has 122 valence electrons. The number of hydrogen-bond acceptors (Lipinski definition) is 3. The van der Waals surface area contributed by atoms with Crippen LogP contribution in [0, 0.1) is 0 Å². The number of hydrogen-bond donors (Lipinski definition) is 2. The molecule has 0 bridgehead atoms. The number of ether oxygens (including phenoxy) is 1. The first-order valence-corrected chi connectivity index (χ1v) is 8.26. The van der Waals surface area contributed by atoms with Gasteiger partial charge in [0.1, 0.15) is 5.75 Å². The van der Waals surface area contributed by atoms with Crippen LogP contribution < -0.4 is 15.4 Å². The molecule has 2 rings (SSSR count). The molecular formula is C18H28N2O2. The lowest BCUT2D eigenvalue weighted by molar-refractivity contribution is -0.121. The summed E-state index contributed by atoms with van der Waals surface area (Å²) in [7, 11) is 3.56. The highest BCUT2D eigenvalue weighted by Crippen LogP contribution is 2.39. The van der Waals surface area contributed by atoms with Gasteiger partial charge in [-0.15, -0.1) is 0 Å². The number of benzene rings is 1. The molecule has 1 fully saturated rings. The summed E-state index contributed by atoms with van der Waals surface area (Å²) < 4.78 is 5.26.